The van der Waals surface area contributed by atoms with E-state index in [0.717, 1.165) is 33.5 Å². The smallest absolute Gasteiger partial charge is 0.187 e. The molecular formula is C18H17N5S. The summed E-state index contributed by atoms with van der Waals surface area (Å²) < 4.78 is 3.63. The highest BCUT2D eigenvalue weighted by Gasteiger charge is 2.10. The highest BCUT2D eigenvalue weighted by molar-refractivity contribution is 7.98. The molecule has 4 rings (SSSR count). The summed E-state index contributed by atoms with van der Waals surface area (Å²) in [5.74, 6) is 6.78. The third kappa shape index (κ3) is 2.76. The number of pyridine rings is 1. The quantitative estimate of drug-likeness (QED) is 0.458. The van der Waals surface area contributed by atoms with Gasteiger partial charge in [0.15, 0.2) is 5.16 Å². The molecule has 1 aromatic carbocycles. The van der Waals surface area contributed by atoms with Gasteiger partial charge < -0.3 is 10.2 Å². The Balaban J connectivity index is 1.55. The van der Waals surface area contributed by atoms with Gasteiger partial charge in [0.2, 0.25) is 0 Å². The lowest BCUT2D eigenvalue weighted by Crippen LogP contribution is -2.07. The van der Waals surface area contributed by atoms with Crippen LogP contribution in [-0.2, 0) is 5.75 Å². The van der Waals surface area contributed by atoms with E-state index in [0.29, 0.717) is 0 Å². The van der Waals surface area contributed by atoms with Crippen molar-refractivity contribution in [2.75, 3.05) is 5.84 Å². The Bertz CT molecular complexity index is 987. The van der Waals surface area contributed by atoms with Crippen LogP contribution in [-0.4, -0.2) is 19.0 Å². The van der Waals surface area contributed by atoms with Gasteiger partial charge in [-0.15, -0.1) is 0 Å². The first-order chi connectivity index (χ1) is 11.7. The molecule has 0 radical (unpaired) electrons. The van der Waals surface area contributed by atoms with Crippen molar-refractivity contribution < 1.29 is 0 Å². The Morgan fingerprint density at radius 3 is 2.67 bits per heavy atom. The van der Waals surface area contributed by atoms with E-state index in [-0.39, 0.29) is 0 Å². The highest BCUT2D eigenvalue weighted by Crippen LogP contribution is 2.25. The minimum Gasteiger partial charge on any atom is -0.337 e. The number of aryl methyl sites for hydroxylation is 1. The maximum Gasteiger partial charge on any atom is 0.187 e. The lowest BCUT2D eigenvalue weighted by molar-refractivity contribution is 0.851. The Morgan fingerprint density at radius 1 is 1.04 bits per heavy atom. The van der Waals surface area contributed by atoms with Crippen LogP contribution in [0, 0.1) is 6.92 Å². The first-order valence-electron chi connectivity index (χ1n) is 7.66. The molecule has 3 heterocycles. The number of hydrogen-bond donors (Lipinski definition) is 1. The van der Waals surface area contributed by atoms with Gasteiger partial charge in [-0.05, 0) is 18.6 Å². The van der Waals surface area contributed by atoms with Gasteiger partial charge in [0.25, 0.3) is 0 Å². The van der Waals surface area contributed by atoms with Gasteiger partial charge >= 0.3 is 0 Å². The van der Waals surface area contributed by atoms with E-state index in [1.54, 1.807) is 16.4 Å². The molecule has 0 aliphatic carbocycles. The number of imidazole rings is 2. The number of rotatable bonds is 4. The summed E-state index contributed by atoms with van der Waals surface area (Å²) in [6.45, 7) is 2.07. The zero-order valence-electron chi connectivity index (χ0n) is 13.3. The average Bonchev–Trinajstić information content (AvgIpc) is 3.18. The third-order valence-corrected chi connectivity index (χ3v) is 4.85. The van der Waals surface area contributed by atoms with Crippen molar-refractivity contribution in [2.45, 2.75) is 17.8 Å². The molecule has 0 bridgehead atoms. The van der Waals surface area contributed by atoms with E-state index in [9.17, 15) is 0 Å². The molecule has 0 saturated carbocycles. The lowest BCUT2D eigenvalue weighted by Gasteiger charge is -1.98. The molecule has 120 valence electrons. The number of thioether (sulfide) groups is 1. The average molecular weight is 335 g/mol. The van der Waals surface area contributed by atoms with E-state index < -0.39 is 0 Å². The summed E-state index contributed by atoms with van der Waals surface area (Å²) in [5.41, 5.74) is 5.12. The van der Waals surface area contributed by atoms with Crippen LogP contribution in [0.5, 0.6) is 0 Å². The zero-order valence-corrected chi connectivity index (χ0v) is 14.1. The summed E-state index contributed by atoms with van der Waals surface area (Å²) in [4.78, 5) is 9.32. The van der Waals surface area contributed by atoms with Crippen molar-refractivity contribution in [1.29, 1.82) is 0 Å². The Kier molecular flexibility index (Phi) is 3.74. The van der Waals surface area contributed by atoms with Crippen molar-refractivity contribution in [1.82, 2.24) is 19.0 Å². The predicted octanol–water partition coefficient (Wildman–Crippen LogP) is 3.51. The summed E-state index contributed by atoms with van der Waals surface area (Å²) in [6.07, 6.45) is 5.92. The molecule has 5 nitrogen and oxygen atoms in total. The number of nitrogen functional groups attached to an aromatic ring is 1. The lowest BCUT2D eigenvalue weighted by atomic mass is 10.2. The van der Waals surface area contributed by atoms with Crippen LogP contribution < -0.4 is 5.84 Å². The van der Waals surface area contributed by atoms with Gasteiger partial charge in [-0.25, -0.2) is 14.6 Å². The highest BCUT2D eigenvalue weighted by atomic mass is 32.2. The minimum absolute atomic E-state index is 0.726. The number of fused-ring (bicyclic) bond motifs is 1. The summed E-state index contributed by atoms with van der Waals surface area (Å²) in [6, 6.07) is 14.1. The van der Waals surface area contributed by atoms with Crippen LogP contribution in [0.15, 0.2) is 66.2 Å². The van der Waals surface area contributed by atoms with E-state index in [1.165, 1.54) is 5.56 Å². The molecule has 0 saturated heterocycles. The second kappa shape index (κ2) is 6.05. The largest absolute Gasteiger partial charge is 0.337 e. The van der Waals surface area contributed by atoms with Crippen LogP contribution in [0.3, 0.4) is 0 Å². The first-order valence-corrected chi connectivity index (χ1v) is 8.65. The molecular weight excluding hydrogens is 318 g/mol. The first kappa shape index (κ1) is 14.8. The van der Waals surface area contributed by atoms with E-state index in [4.69, 9.17) is 5.84 Å². The Labute approximate surface area is 144 Å². The molecule has 4 aromatic rings. The summed E-state index contributed by atoms with van der Waals surface area (Å²) in [7, 11) is 0. The van der Waals surface area contributed by atoms with Gasteiger partial charge in [-0.3, -0.25) is 0 Å². The van der Waals surface area contributed by atoms with Gasteiger partial charge in [-0.2, -0.15) is 0 Å². The molecule has 0 unspecified atom stereocenters. The molecule has 0 spiro atoms. The zero-order chi connectivity index (χ0) is 16.5. The van der Waals surface area contributed by atoms with Crippen molar-refractivity contribution in [3.05, 3.63) is 72.3 Å². The molecule has 0 amide bonds. The molecule has 0 atom stereocenters. The van der Waals surface area contributed by atoms with Gasteiger partial charge in [-0.1, -0.05) is 48.2 Å². The SMILES string of the molecule is Cc1cccn2cc(CSc3nc(-c4ccccc4)cn3N)nc12. The Hall–Kier alpha value is -2.73. The van der Waals surface area contributed by atoms with Crippen molar-refractivity contribution in [3.63, 3.8) is 0 Å². The molecule has 0 aliphatic heterocycles. The predicted molar refractivity (Wildman–Crippen MR) is 97.3 cm³/mol. The van der Waals surface area contributed by atoms with Crippen molar-refractivity contribution >= 4 is 17.4 Å². The molecule has 2 N–H and O–H groups in total. The van der Waals surface area contributed by atoms with E-state index in [2.05, 4.69) is 33.6 Å². The number of benzene rings is 1. The van der Waals surface area contributed by atoms with E-state index in [1.807, 2.05) is 48.8 Å². The summed E-state index contributed by atoms with van der Waals surface area (Å²) in [5, 5.41) is 0.780. The number of hydrogen-bond acceptors (Lipinski definition) is 4. The molecule has 3 aromatic heterocycles. The second-order valence-electron chi connectivity index (χ2n) is 5.63. The van der Waals surface area contributed by atoms with Crippen LogP contribution in [0.25, 0.3) is 16.9 Å². The van der Waals surface area contributed by atoms with Gasteiger partial charge in [0, 0.05) is 23.7 Å². The van der Waals surface area contributed by atoms with Crippen molar-refractivity contribution in [3.8, 4) is 11.3 Å². The maximum atomic E-state index is 6.05. The van der Waals surface area contributed by atoms with E-state index >= 15 is 0 Å². The van der Waals surface area contributed by atoms with Crippen LogP contribution in [0.1, 0.15) is 11.3 Å². The van der Waals surface area contributed by atoms with Gasteiger partial charge in [0.05, 0.1) is 17.6 Å². The molecule has 6 heteroatoms. The number of aromatic nitrogens is 4. The standard InChI is InChI=1S/C18H17N5S/c1-13-6-5-9-22-10-15(20-17(13)22)12-24-18-21-16(11-23(18)19)14-7-3-2-4-8-14/h2-11H,12,19H2,1H3. The topological polar surface area (TPSA) is 61.1 Å². The van der Waals surface area contributed by atoms with Crippen LogP contribution >= 0.6 is 11.8 Å². The van der Waals surface area contributed by atoms with Crippen molar-refractivity contribution in [2.24, 2.45) is 0 Å². The fourth-order valence-electron chi connectivity index (χ4n) is 2.64. The fraction of sp³-hybridized carbons (Fsp3) is 0.111. The Morgan fingerprint density at radius 2 is 1.88 bits per heavy atom. The monoisotopic (exact) mass is 335 g/mol. The van der Waals surface area contributed by atoms with Crippen LogP contribution in [0.4, 0.5) is 0 Å². The molecule has 0 fully saturated rings. The summed E-state index contributed by atoms with van der Waals surface area (Å²) >= 11 is 1.59. The number of nitrogens with two attached hydrogens (primary N) is 1. The third-order valence-electron chi connectivity index (χ3n) is 3.84. The maximum absolute atomic E-state index is 6.05. The fourth-order valence-corrected chi connectivity index (χ4v) is 3.42. The van der Waals surface area contributed by atoms with Gasteiger partial charge in [0.1, 0.15) is 5.65 Å². The minimum atomic E-state index is 0.726. The van der Waals surface area contributed by atoms with Crippen LogP contribution in [0.2, 0.25) is 0 Å². The molecule has 24 heavy (non-hydrogen) atoms. The normalized spacial score (nSPS) is 11.2. The second-order valence-corrected chi connectivity index (χ2v) is 6.57. The molecule has 0 aliphatic rings. The number of nitrogens with zero attached hydrogens (tertiary/aromatic N) is 4.